The molecule has 14 heteroatoms. The molecule has 6 aromatic rings. The first-order valence-electron chi connectivity index (χ1n) is 14.0. The highest BCUT2D eigenvalue weighted by atomic mass is 32.2. The maximum absolute atomic E-state index is 12.3. The molecule has 6 aromatic carbocycles. The van der Waals surface area contributed by atoms with Gasteiger partial charge in [-0.2, -0.15) is 27.1 Å². The molecule has 0 aliphatic rings. The summed E-state index contributed by atoms with van der Waals surface area (Å²) in [6.45, 7) is 0. The van der Waals surface area contributed by atoms with Gasteiger partial charge >= 0.3 is 0 Å². The summed E-state index contributed by atoms with van der Waals surface area (Å²) in [7, 11) is -9.61. The maximum Gasteiger partial charge on any atom is 0.295 e. The van der Waals surface area contributed by atoms with Crippen LogP contribution in [0.25, 0.3) is 21.5 Å². The third-order valence-corrected chi connectivity index (χ3v) is 9.02. The molecule has 0 fully saturated rings. The minimum Gasteiger partial charge on any atom is -0.398 e. The van der Waals surface area contributed by atoms with Crippen LogP contribution in [-0.2, 0) is 20.2 Å². The summed E-state index contributed by atoms with van der Waals surface area (Å²) >= 11 is 0. The Balaban J connectivity index is 1.34. The molecule has 238 valence electrons. The Morgan fingerprint density at radius 2 is 0.854 bits per heavy atom. The molecule has 0 amide bonds. The zero-order valence-corrected chi connectivity index (χ0v) is 26.3. The highest BCUT2D eigenvalue weighted by Gasteiger charge is 2.18. The fraction of sp³-hybridized carbons (Fsp3) is 0. The van der Waals surface area contributed by atoms with E-state index in [9.17, 15) is 25.9 Å². The molecule has 48 heavy (non-hydrogen) atoms. The van der Waals surface area contributed by atoms with Crippen LogP contribution >= 0.6 is 0 Å². The molecule has 0 saturated carbocycles. The first-order valence-corrected chi connectivity index (χ1v) is 16.9. The number of nitrogens with two attached hydrogens (primary N) is 2. The number of rotatable bonds is 6. The molecule has 0 aromatic heterocycles. The lowest BCUT2D eigenvalue weighted by Gasteiger charge is -2.05. The van der Waals surface area contributed by atoms with Gasteiger partial charge in [-0.25, -0.2) is 0 Å². The Bertz CT molecular complexity index is 2430. The van der Waals surface area contributed by atoms with E-state index in [1.807, 2.05) is 48.5 Å². The van der Waals surface area contributed by atoms with Crippen molar-refractivity contribution in [1.82, 2.24) is 0 Å². The van der Waals surface area contributed by atoms with E-state index in [0.717, 1.165) is 33.7 Å². The second-order valence-electron chi connectivity index (χ2n) is 10.4. The van der Waals surface area contributed by atoms with Crippen molar-refractivity contribution in [3.05, 3.63) is 120 Å². The second-order valence-corrected chi connectivity index (χ2v) is 13.2. The summed E-state index contributed by atoms with van der Waals surface area (Å²) in [5, 5.41) is 19.7. The van der Waals surface area contributed by atoms with Crippen LogP contribution in [0.2, 0.25) is 0 Å². The lowest BCUT2D eigenvalue weighted by atomic mass is 10.1. The van der Waals surface area contributed by atoms with Crippen molar-refractivity contribution in [2.75, 3.05) is 11.5 Å². The first kappa shape index (κ1) is 32.0. The number of hydrogen-bond acceptors (Lipinski definition) is 10. The Morgan fingerprint density at radius 1 is 0.479 bits per heavy atom. The lowest BCUT2D eigenvalue weighted by Crippen LogP contribution is -2.02. The molecule has 0 aliphatic carbocycles. The summed E-state index contributed by atoms with van der Waals surface area (Å²) in [6.07, 6.45) is 0. The molecule has 0 heterocycles. The molecule has 0 aliphatic heterocycles. The molecule has 0 radical (unpaired) electrons. The van der Waals surface area contributed by atoms with Crippen LogP contribution in [0.15, 0.2) is 139 Å². The largest absolute Gasteiger partial charge is 0.398 e. The number of benzene rings is 6. The Labute approximate surface area is 275 Å². The van der Waals surface area contributed by atoms with Crippen LogP contribution in [0.3, 0.4) is 0 Å². The summed E-state index contributed by atoms with van der Waals surface area (Å²) < 4.78 is 69.1. The molecule has 6 rings (SSSR count). The van der Waals surface area contributed by atoms with E-state index in [-0.39, 0.29) is 22.5 Å². The average molecular weight is 677 g/mol. The van der Waals surface area contributed by atoms with Crippen molar-refractivity contribution in [3.8, 4) is 11.8 Å². The molecule has 6 N–H and O–H groups in total. The van der Waals surface area contributed by atoms with Gasteiger partial charge in [0.2, 0.25) is 0 Å². The highest BCUT2D eigenvalue weighted by Crippen LogP contribution is 2.34. The quantitative estimate of drug-likeness (QED) is 0.0588. The van der Waals surface area contributed by atoms with Crippen LogP contribution in [0.1, 0.15) is 11.1 Å². The zero-order valence-electron chi connectivity index (χ0n) is 24.7. The van der Waals surface area contributed by atoms with Crippen molar-refractivity contribution in [1.29, 1.82) is 0 Å². The SMILES string of the molecule is Nc1ccc(N=Nc2ccc(C#Cc3ccc(N=Nc4ccc(N)c5ccccc45)cc3S(=O)(=O)O)c(S(=O)(=O)O)c2)c2ccccc12. The standard InChI is InChI=1S/C34H24N6O6S2/c35-29-15-17-31(27-7-3-1-5-25(27)29)39-37-23-13-11-21(33(19-23)47(41,42)43)9-10-22-12-14-24(20-34(22)48(44,45)46)38-40-32-18-16-30(36)26-6-2-4-8-28(26)32/h1-8,11-20H,35-36H2,(H,41,42,43)(H,44,45,46). The van der Waals surface area contributed by atoms with Crippen molar-refractivity contribution >= 4 is 75.9 Å². The van der Waals surface area contributed by atoms with Crippen LogP contribution < -0.4 is 11.5 Å². The maximum atomic E-state index is 12.3. The van der Waals surface area contributed by atoms with E-state index < -0.39 is 30.0 Å². The number of azo groups is 2. The molecular formula is C34H24N6O6S2. The van der Waals surface area contributed by atoms with E-state index in [1.165, 1.54) is 24.3 Å². The van der Waals surface area contributed by atoms with Crippen molar-refractivity contribution in [3.63, 3.8) is 0 Å². The van der Waals surface area contributed by atoms with Gasteiger partial charge in [-0.05, 0) is 60.7 Å². The fourth-order valence-electron chi connectivity index (χ4n) is 4.93. The fourth-order valence-corrected chi connectivity index (χ4v) is 6.26. The van der Waals surface area contributed by atoms with Crippen LogP contribution in [0, 0.1) is 11.8 Å². The van der Waals surface area contributed by atoms with E-state index in [2.05, 4.69) is 32.3 Å². The molecule has 12 nitrogen and oxygen atoms in total. The molecule has 0 unspecified atom stereocenters. The number of nitrogens with zero attached hydrogens (tertiary/aromatic N) is 4. The van der Waals surface area contributed by atoms with E-state index in [4.69, 9.17) is 11.5 Å². The molecule has 0 saturated heterocycles. The third kappa shape index (κ3) is 6.75. The van der Waals surface area contributed by atoms with Gasteiger partial charge in [0.05, 0.1) is 22.7 Å². The second kappa shape index (κ2) is 12.7. The topological polar surface area (TPSA) is 210 Å². The summed E-state index contributed by atoms with van der Waals surface area (Å²) in [6, 6.07) is 28.9. The average Bonchev–Trinajstić information content (AvgIpc) is 3.06. The predicted molar refractivity (Wildman–Crippen MR) is 184 cm³/mol. The van der Waals surface area contributed by atoms with Gasteiger partial charge in [0.25, 0.3) is 20.2 Å². The van der Waals surface area contributed by atoms with Crippen LogP contribution in [0.5, 0.6) is 0 Å². The van der Waals surface area contributed by atoms with Crippen LogP contribution in [-0.4, -0.2) is 25.9 Å². The van der Waals surface area contributed by atoms with Gasteiger partial charge in [0.1, 0.15) is 9.79 Å². The van der Waals surface area contributed by atoms with E-state index >= 15 is 0 Å². The Hall–Kier alpha value is -5.98. The van der Waals surface area contributed by atoms with Gasteiger partial charge < -0.3 is 11.5 Å². The zero-order chi connectivity index (χ0) is 34.1. The van der Waals surface area contributed by atoms with Crippen molar-refractivity contribution < 1.29 is 25.9 Å². The molecule has 0 atom stereocenters. The Morgan fingerprint density at radius 3 is 1.23 bits per heavy atom. The van der Waals surface area contributed by atoms with Crippen LogP contribution in [0.4, 0.5) is 34.1 Å². The highest BCUT2D eigenvalue weighted by molar-refractivity contribution is 7.86. The Kier molecular flexibility index (Phi) is 8.44. The predicted octanol–water partition coefficient (Wildman–Crippen LogP) is 7.88. The number of hydrogen-bond donors (Lipinski definition) is 4. The normalized spacial score (nSPS) is 12.1. The van der Waals surface area contributed by atoms with Gasteiger partial charge in [-0.15, -0.1) is 10.2 Å². The first-order chi connectivity index (χ1) is 22.9. The molecular weight excluding hydrogens is 653 g/mol. The number of nitrogen functional groups attached to an aromatic ring is 2. The smallest absolute Gasteiger partial charge is 0.295 e. The summed E-state index contributed by atoms with van der Waals surface area (Å²) in [5.74, 6) is 5.13. The minimum atomic E-state index is -4.80. The van der Waals surface area contributed by atoms with E-state index in [0.29, 0.717) is 22.7 Å². The number of anilines is 2. The summed E-state index contributed by atoms with van der Waals surface area (Å²) in [4.78, 5) is -1.16. The van der Waals surface area contributed by atoms with Gasteiger partial charge in [0.15, 0.2) is 0 Å². The molecule has 0 bridgehead atoms. The lowest BCUT2D eigenvalue weighted by molar-refractivity contribution is 0.480. The molecule has 0 spiro atoms. The van der Waals surface area contributed by atoms with Crippen molar-refractivity contribution in [2.45, 2.75) is 9.79 Å². The van der Waals surface area contributed by atoms with E-state index in [1.54, 1.807) is 24.3 Å². The van der Waals surface area contributed by atoms with Gasteiger partial charge in [-0.1, -0.05) is 60.4 Å². The van der Waals surface area contributed by atoms with Gasteiger partial charge in [0, 0.05) is 44.0 Å². The minimum absolute atomic E-state index is 0.0938. The van der Waals surface area contributed by atoms with Crippen molar-refractivity contribution in [2.24, 2.45) is 20.5 Å². The third-order valence-electron chi connectivity index (χ3n) is 7.23. The van der Waals surface area contributed by atoms with Gasteiger partial charge in [-0.3, -0.25) is 9.11 Å². The summed E-state index contributed by atoms with van der Waals surface area (Å²) in [5.41, 5.74) is 14.1. The monoisotopic (exact) mass is 676 g/mol. The number of fused-ring (bicyclic) bond motifs is 2.